The minimum atomic E-state index is -0.616. The highest BCUT2D eigenvalue weighted by Gasteiger charge is 2.24. The average Bonchev–Trinajstić information content (AvgIpc) is 2.50. The van der Waals surface area contributed by atoms with Gasteiger partial charge in [0.25, 0.3) is 5.91 Å². The number of nitrogens with zero attached hydrogens (tertiary/aromatic N) is 1. The number of carbonyl (C=O) groups excluding carboxylic acids is 1. The first-order valence-electron chi connectivity index (χ1n) is 7.63. The van der Waals surface area contributed by atoms with Crippen molar-refractivity contribution in [3.8, 4) is 0 Å². The Kier molecular flexibility index (Phi) is 5.71. The monoisotopic (exact) mass is 324 g/mol. The van der Waals surface area contributed by atoms with Crippen LogP contribution in [0.15, 0.2) is 29.5 Å². The van der Waals surface area contributed by atoms with E-state index in [9.17, 15) is 13.6 Å². The van der Waals surface area contributed by atoms with E-state index in [1.165, 1.54) is 18.2 Å². The first kappa shape index (κ1) is 17.4. The van der Waals surface area contributed by atoms with Gasteiger partial charge in [0.05, 0.1) is 18.2 Å². The molecular weight excluding hydrogens is 302 g/mol. The number of carbonyl (C=O) groups is 1. The molecule has 0 spiro atoms. The fraction of sp³-hybridized carbons (Fsp3) is 0.471. The van der Waals surface area contributed by atoms with Crippen LogP contribution in [0.4, 0.5) is 8.78 Å². The van der Waals surface area contributed by atoms with Gasteiger partial charge in [-0.1, -0.05) is 6.07 Å². The lowest BCUT2D eigenvalue weighted by Gasteiger charge is -2.26. The fourth-order valence-electron chi connectivity index (χ4n) is 2.68. The van der Waals surface area contributed by atoms with Gasteiger partial charge in [-0.2, -0.15) is 0 Å². The maximum absolute atomic E-state index is 14.0. The number of hydrogen-bond donors (Lipinski definition) is 1. The zero-order chi connectivity index (χ0) is 17.0. The van der Waals surface area contributed by atoms with Gasteiger partial charge >= 0.3 is 0 Å². The van der Waals surface area contributed by atoms with E-state index >= 15 is 0 Å². The quantitative estimate of drug-likeness (QED) is 0.905. The second-order valence-corrected chi connectivity index (χ2v) is 5.81. The Hall–Kier alpha value is -1.95. The third-order valence-electron chi connectivity index (χ3n) is 4.00. The predicted molar refractivity (Wildman–Crippen MR) is 83.7 cm³/mol. The number of ether oxygens (including phenoxy) is 1. The maximum Gasteiger partial charge on any atom is 0.250 e. The molecule has 6 heteroatoms. The van der Waals surface area contributed by atoms with Gasteiger partial charge in [-0.05, 0) is 46.0 Å². The number of amides is 1. The van der Waals surface area contributed by atoms with Crippen LogP contribution in [0.25, 0.3) is 0 Å². The van der Waals surface area contributed by atoms with Crippen molar-refractivity contribution >= 4 is 5.91 Å². The summed E-state index contributed by atoms with van der Waals surface area (Å²) in [5.74, 6) is -0.860. The lowest BCUT2D eigenvalue weighted by molar-refractivity contribution is -0.118. The summed E-state index contributed by atoms with van der Waals surface area (Å²) in [6.07, 6.45) is 1.44. The Morgan fingerprint density at radius 3 is 2.57 bits per heavy atom. The number of halogens is 2. The molecule has 1 unspecified atom stereocenters. The molecule has 0 fully saturated rings. The molecule has 126 valence electrons. The number of allylic oxidation sites excluding steroid dienone is 1. The topological polar surface area (TPSA) is 41.6 Å². The smallest absolute Gasteiger partial charge is 0.250 e. The molecule has 1 N–H and O–H groups in total. The van der Waals surface area contributed by atoms with Gasteiger partial charge < -0.3 is 15.0 Å². The van der Waals surface area contributed by atoms with E-state index < -0.39 is 17.7 Å². The van der Waals surface area contributed by atoms with Crippen molar-refractivity contribution < 1.29 is 18.3 Å². The third kappa shape index (κ3) is 4.07. The van der Waals surface area contributed by atoms with Crippen LogP contribution >= 0.6 is 0 Å². The summed E-state index contributed by atoms with van der Waals surface area (Å²) < 4.78 is 33.4. The van der Waals surface area contributed by atoms with E-state index in [1.54, 1.807) is 25.9 Å². The van der Waals surface area contributed by atoms with Crippen LogP contribution in [0.3, 0.4) is 0 Å². The minimum absolute atomic E-state index is 0.0385. The summed E-state index contributed by atoms with van der Waals surface area (Å²) in [5, 5.41) is 2.77. The second kappa shape index (κ2) is 7.55. The zero-order valence-corrected chi connectivity index (χ0v) is 13.7. The van der Waals surface area contributed by atoms with Crippen LogP contribution in [-0.4, -0.2) is 38.1 Å². The zero-order valence-electron chi connectivity index (χ0n) is 13.7. The summed E-state index contributed by atoms with van der Waals surface area (Å²) in [7, 11) is 3.44. The van der Waals surface area contributed by atoms with Crippen molar-refractivity contribution in [2.75, 3.05) is 27.2 Å². The van der Waals surface area contributed by atoms with Crippen molar-refractivity contribution in [3.05, 3.63) is 46.7 Å². The fourth-order valence-corrected chi connectivity index (χ4v) is 2.68. The summed E-state index contributed by atoms with van der Waals surface area (Å²) >= 11 is 0. The Balaban J connectivity index is 2.14. The van der Waals surface area contributed by atoms with Gasteiger partial charge in [0.2, 0.25) is 0 Å². The molecule has 1 aliphatic rings. The predicted octanol–water partition coefficient (Wildman–Crippen LogP) is 2.77. The van der Waals surface area contributed by atoms with Crippen LogP contribution in [0.1, 0.15) is 31.4 Å². The Labute approximate surface area is 135 Å². The molecule has 1 amide bonds. The van der Waals surface area contributed by atoms with Crippen LogP contribution in [0, 0.1) is 11.6 Å². The lowest BCUT2D eigenvalue weighted by atomic mass is 10.0. The van der Waals surface area contributed by atoms with Gasteiger partial charge in [-0.3, -0.25) is 4.79 Å². The van der Waals surface area contributed by atoms with Crippen LogP contribution in [-0.2, 0) is 9.53 Å². The molecule has 0 saturated heterocycles. The Bertz CT molecular complexity index is 594. The SMILES string of the molecule is CC1=C(C(=O)NCC(c2c(F)cccc2F)N(C)C)CCCO1. The number of rotatable bonds is 5. The lowest BCUT2D eigenvalue weighted by Crippen LogP contribution is -2.36. The molecule has 1 atom stereocenters. The first-order chi connectivity index (χ1) is 10.9. The molecule has 1 aromatic carbocycles. The Morgan fingerprint density at radius 1 is 1.35 bits per heavy atom. The summed E-state index contributed by atoms with van der Waals surface area (Å²) in [4.78, 5) is 14.0. The number of nitrogens with one attached hydrogen (secondary N) is 1. The second-order valence-electron chi connectivity index (χ2n) is 5.81. The molecule has 0 saturated carbocycles. The van der Waals surface area contributed by atoms with Crippen LogP contribution in [0.2, 0.25) is 0 Å². The molecule has 2 rings (SSSR count). The van der Waals surface area contributed by atoms with Crippen LogP contribution in [0.5, 0.6) is 0 Å². The van der Waals surface area contributed by atoms with Crippen LogP contribution < -0.4 is 5.32 Å². The number of benzene rings is 1. The summed E-state index contributed by atoms with van der Waals surface area (Å²) in [6, 6.07) is 3.18. The average molecular weight is 324 g/mol. The number of hydrogen-bond acceptors (Lipinski definition) is 3. The highest BCUT2D eigenvalue weighted by atomic mass is 19.1. The summed E-state index contributed by atoms with van der Waals surface area (Å²) in [6.45, 7) is 2.48. The highest BCUT2D eigenvalue weighted by Crippen LogP contribution is 2.24. The van der Waals surface area contributed by atoms with Gasteiger partial charge in [0.1, 0.15) is 17.4 Å². The molecule has 0 aliphatic carbocycles. The van der Waals surface area contributed by atoms with Crippen molar-refractivity contribution in [2.45, 2.75) is 25.8 Å². The number of likely N-dealkylation sites (N-methyl/N-ethyl adjacent to an activating group) is 1. The van der Waals surface area contributed by atoms with Crippen molar-refractivity contribution in [1.82, 2.24) is 10.2 Å². The molecule has 1 heterocycles. The van der Waals surface area contributed by atoms with E-state index in [0.29, 0.717) is 24.4 Å². The summed E-state index contributed by atoms with van der Waals surface area (Å²) in [5.41, 5.74) is 0.561. The van der Waals surface area contributed by atoms with Gasteiger partial charge in [0, 0.05) is 12.1 Å². The van der Waals surface area contributed by atoms with E-state index in [1.807, 2.05) is 0 Å². The molecule has 1 aromatic rings. The molecule has 4 nitrogen and oxygen atoms in total. The molecule has 0 radical (unpaired) electrons. The van der Waals surface area contributed by atoms with Gasteiger partial charge in [0.15, 0.2) is 0 Å². The van der Waals surface area contributed by atoms with E-state index in [2.05, 4.69) is 5.32 Å². The molecule has 23 heavy (non-hydrogen) atoms. The standard InChI is InChI=1S/C17H22F2N2O2/c1-11-12(6-5-9-23-11)17(22)20-10-15(21(2)3)16-13(18)7-4-8-14(16)19/h4,7-8,15H,5-6,9-10H2,1-3H3,(H,20,22). The largest absolute Gasteiger partial charge is 0.498 e. The van der Waals surface area contributed by atoms with Crippen molar-refractivity contribution in [3.63, 3.8) is 0 Å². The van der Waals surface area contributed by atoms with E-state index in [-0.39, 0.29) is 18.0 Å². The highest BCUT2D eigenvalue weighted by molar-refractivity contribution is 5.93. The third-order valence-corrected chi connectivity index (χ3v) is 4.00. The first-order valence-corrected chi connectivity index (χ1v) is 7.63. The van der Waals surface area contributed by atoms with Crippen molar-refractivity contribution in [2.24, 2.45) is 0 Å². The Morgan fingerprint density at radius 2 is 2.00 bits per heavy atom. The molecule has 0 bridgehead atoms. The minimum Gasteiger partial charge on any atom is -0.498 e. The van der Waals surface area contributed by atoms with Gasteiger partial charge in [-0.25, -0.2) is 8.78 Å². The maximum atomic E-state index is 14.0. The van der Waals surface area contributed by atoms with Crippen molar-refractivity contribution in [1.29, 1.82) is 0 Å². The van der Waals surface area contributed by atoms with E-state index in [0.717, 1.165) is 6.42 Å². The molecular formula is C17H22F2N2O2. The van der Waals surface area contributed by atoms with E-state index in [4.69, 9.17) is 4.74 Å². The normalized spacial score (nSPS) is 16.3. The van der Waals surface area contributed by atoms with Gasteiger partial charge in [-0.15, -0.1) is 0 Å². The molecule has 0 aromatic heterocycles. The molecule has 1 aliphatic heterocycles.